The van der Waals surface area contributed by atoms with Gasteiger partial charge >= 0.3 is 0 Å². The van der Waals surface area contributed by atoms with Crippen LogP contribution >= 0.6 is 22.7 Å². The number of pyridine rings is 4. The van der Waals surface area contributed by atoms with Crippen molar-refractivity contribution in [3.05, 3.63) is 243 Å². The molecule has 0 unspecified atom stereocenters. The molecule has 376 valence electrons. The van der Waals surface area contributed by atoms with E-state index in [0.29, 0.717) is 23.2 Å². The lowest BCUT2D eigenvalue weighted by Gasteiger charge is -2.13. The smallest absolute Gasteiger partial charge is 0.244 e. The lowest BCUT2D eigenvalue weighted by molar-refractivity contribution is 0.572. The maximum absolute atomic E-state index is 5.39. The first-order chi connectivity index (χ1) is 39.6. The van der Waals surface area contributed by atoms with Gasteiger partial charge in [0.25, 0.3) is 0 Å². The summed E-state index contributed by atoms with van der Waals surface area (Å²) in [5.41, 5.74) is 12.0. The van der Waals surface area contributed by atoms with Gasteiger partial charge in [-0.15, -0.1) is 22.7 Å². The van der Waals surface area contributed by atoms with Gasteiger partial charge in [0, 0.05) is 70.2 Å². The summed E-state index contributed by atoms with van der Waals surface area (Å²) < 4.78 is 10.8. The third-order valence-electron chi connectivity index (χ3n) is 14.7. The Hall–Kier alpha value is -10.4. The maximum Gasteiger partial charge on any atom is 0.244 e. The fourth-order valence-corrected chi connectivity index (χ4v) is 12.0. The van der Waals surface area contributed by atoms with Gasteiger partial charge in [-0.1, -0.05) is 121 Å². The van der Waals surface area contributed by atoms with Crippen LogP contribution in [0.2, 0.25) is 0 Å². The van der Waals surface area contributed by atoms with E-state index in [-0.39, 0.29) is 0 Å². The van der Waals surface area contributed by atoms with E-state index in [1.807, 2.05) is 60.1 Å². The quantitative estimate of drug-likeness (QED) is 0.136. The van der Waals surface area contributed by atoms with Gasteiger partial charge in [0.05, 0.1) is 23.8 Å². The van der Waals surface area contributed by atoms with Gasteiger partial charge in [-0.2, -0.15) is 0 Å². The molecule has 80 heavy (non-hydrogen) atoms. The molecular weight excluding hydrogens is 1020 g/mol. The van der Waals surface area contributed by atoms with Gasteiger partial charge in [0.15, 0.2) is 0 Å². The average molecular weight is 1070 g/mol. The van der Waals surface area contributed by atoms with Crippen molar-refractivity contribution >= 4 is 87.3 Å². The highest BCUT2D eigenvalue weighted by molar-refractivity contribution is 7.13. The number of benzene rings is 8. The summed E-state index contributed by atoms with van der Waals surface area (Å²) in [4.78, 5) is 35.7. The highest BCUT2D eigenvalue weighted by Crippen LogP contribution is 2.41. The van der Waals surface area contributed by atoms with Crippen molar-refractivity contribution < 1.29 is 8.83 Å². The Morgan fingerprint density at radius 2 is 0.550 bits per heavy atom. The zero-order chi connectivity index (χ0) is 52.9. The standard InChI is InChI=1S/C34H20N4O2.C34H20N4S2/c2*1-2-4-26-25(3-1)29-17-21(23-7-11-31(37-19-23)33-35-13-15-39-33)5-9-27(29)28-10-6-22(18-30(26)28)24-8-12-32(38-20-24)34-36-14-16-40-34/h2*1-20H. The number of thiazole rings is 2. The fourth-order valence-electron chi connectivity index (χ4n) is 10.8. The minimum absolute atomic E-state index is 0.517. The monoisotopic (exact) mass is 1060 g/mol. The van der Waals surface area contributed by atoms with Crippen LogP contribution in [0.1, 0.15) is 0 Å². The summed E-state index contributed by atoms with van der Waals surface area (Å²) in [5.74, 6) is 1.03. The number of oxazole rings is 2. The first-order valence-corrected chi connectivity index (χ1v) is 27.6. The molecule has 0 aliphatic rings. The van der Waals surface area contributed by atoms with Gasteiger partial charge in [0.1, 0.15) is 33.9 Å². The van der Waals surface area contributed by atoms with E-state index in [1.54, 1.807) is 47.6 Å². The number of hydrogen-bond donors (Lipinski definition) is 0. The number of nitrogens with zero attached hydrogens (tertiary/aromatic N) is 8. The van der Waals surface area contributed by atoms with E-state index in [2.05, 4.69) is 198 Å². The zero-order valence-corrected chi connectivity index (χ0v) is 43.9. The SMILES string of the molecule is c1ccc2c(c1)c1cc(-c3ccc(-c4ncco4)nc3)ccc1c1ccc(-c3ccc(-c4ncco4)nc3)cc21.c1ccc2c(c1)c1cc(-c3ccc(-c4nccs4)nc3)ccc1c1ccc(-c3ccc(-c4nccs4)nc3)cc21. The first kappa shape index (κ1) is 46.9. The highest BCUT2D eigenvalue weighted by Gasteiger charge is 2.16. The molecule has 8 heterocycles. The second kappa shape index (κ2) is 19.9. The van der Waals surface area contributed by atoms with E-state index in [0.717, 1.165) is 65.9 Å². The van der Waals surface area contributed by atoms with Gasteiger partial charge in [-0.25, -0.2) is 19.9 Å². The van der Waals surface area contributed by atoms with Crippen molar-refractivity contribution in [1.29, 1.82) is 0 Å². The Bertz CT molecular complexity index is 4230. The zero-order valence-electron chi connectivity index (χ0n) is 42.3. The molecular formula is C68H40N8O2S2. The normalized spacial score (nSPS) is 11.5. The number of rotatable bonds is 8. The van der Waals surface area contributed by atoms with Crippen molar-refractivity contribution in [3.63, 3.8) is 0 Å². The Morgan fingerprint density at radius 3 is 0.812 bits per heavy atom. The number of aromatic nitrogens is 8. The number of fused-ring (bicyclic) bond motifs is 12. The Morgan fingerprint density at radius 1 is 0.250 bits per heavy atom. The third kappa shape index (κ3) is 8.52. The number of hydrogen-bond acceptors (Lipinski definition) is 12. The second-order valence-electron chi connectivity index (χ2n) is 19.2. The molecule has 0 amide bonds. The molecule has 16 aromatic rings. The van der Waals surface area contributed by atoms with Crippen molar-refractivity contribution in [2.24, 2.45) is 0 Å². The summed E-state index contributed by atoms with van der Waals surface area (Å²) in [6, 6.07) is 60.4. The molecule has 0 saturated heterocycles. The van der Waals surface area contributed by atoms with Crippen LogP contribution in [0.4, 0.5) is 0 Å². The molecule has 0 spiro atoms. The van der Waals surface area contributed by atoms with E-state index in [1.165, 1.54) is 64.6 Å². The molecule has 16 rings (SSSR count). The fraction of sp³-hybridized carbons (Fsp3) is 0. The second-order valence-corrected chi connectivity index (χ2v) is 21.0. The Labute approximate surface area is 465 Å². The minimum Gasteiger partial charge on any atom is -0.443 e. The lowest BCUT2D eigenvalue weighted by Crippen LogP contribution is -1.88. The summed E-state index contributed by atoms with van der Waals surface area (Å²) in [7, 11) is 0. The molecule has 0 fully saturated rings. The predicted octanol–water partition coefficient (Wildman–Crippen LogP) is 18.1. The van der Waals surface area contributed by atoms with Crippen LogP contribution in [-0.4, -0.2) is 39.9 Å². The van der Waals surface area contributed by atoms with Gasteiger partial charge < -0.3 is 8.83 Å². The Kier molecular flexibility index (Phi) is 11.6. The first-order valence-electron chi connectivity index (χ1n) is 25.9. The van der Waals surface area contributed by atoms with Crippen molar-refractivity contribution in [2.75, 3.05) is 0 Å². The molecule has 8 aromatic heterocycles. The topological polar surface area (TPSA) is 129 Å². The molecule has 0 N–H and O–H groups in total. The van der Waals surface area contributed by atoms with Crippen LogP contribution in [-0.2, 0) is 0 Å². The van der Waals surface area contributed by atoms with Crippen LogP contribution in [0.5, 0.6) is 0 Å². The van der Waals surface area contributed by atoms with Gasteiger partial charge in [0.2, 0.25) is 11.8 Å². The average Bonchev–Trinajstić information content (AvgIpc) is 4.45. The summed E-state index contributed by atoms with van der Waals surface area (Å²) >= 11 is 3.20. The van der Waals surface area contributed by atoms with E-state index in [4.69, 9.17) is 8.83 Å². The Balaban J connectivity index is 0.000000138. The highest BCUT2D eigenvalue weighted by atomic mass is 32.1. The predicted molar refractivity (Wildman–Crippen MR) is 324 cm³/mol. The van der Waals surface area contributed by atoms with Crippen LogP contribution < -0.4 is 0 Å². The van der Waals surface area contributed by atoms with Crippen molar-refractivity contribution in [3.8, 4) is 89.1 Å². The summed E-state index contributed by atoms with van der Waals surface area (Å²) in [5, 5.41) is 20.6. The largest absolute Gasteiger partial charge is 0.443 e. The summed E-state index contributed by atoms with van der Waals surface area (Å²) in [6.07, 6.45) is 17.6. The molecule has 0 atom stereocenters. The van der Waals surface area contributed by atoms with Gasteiger partial charge in [-0.3, -0.25) is 19.9 Å². The van der Waals surface area contributed by atoms with Crippen molar-refractivity contribution in [2.45, 2.75) is 0 Å². The van der Waals surface area contributed by atoms with Crippen LogP contribution in [0.15, 0.2) is 252 Å². The third-order valence-corrected chi connectivity index (χ3v) is 16.3. The molecule has 0 saturated carbocycles. The minimum atomic E-state index is 0.517. The molecule has 8 aromatic carbocycles. The van der Waals surface area contributed by atoms with E-state index >= 15 is 0 Å². The van der Waals surface area contributed by atoms with E-state index < -0.39 is 0 Å². The molecule has 12 heteroatoms. The molecule has 0 bridgehead atoms. The molecule has 10 nitrogen and oxygen atoms in total. The lowest BCUT2D eigenvalue weighted by atomic mass is 9.90. The van der Waals surface area contributed by atoms with Crippen LogP contribution in [0, 0.1) is 0 Å². The van der Waals surface area contributed by atoms with Crippen molar-refractivity contribution in [1.82, 2.24) is 39.9 Å². The van der Waals surface area contributed by atoms with Crippen LogP contribution in [0.3, 0.4) is 0 Å². The molecule has 0 aliphatic carbocycles. The molecule has 0 aliphatic heterocycles. The summed E-state index contributed by atoms with van der Waals surface area (Å²) in [6.45, 7) is 0. The molecule has 0 radical (unpaired) electrons. The maximum atomic E-state index is 5.39. The van der Waals surface area contributed by atoms with Gasteiger partial charge in [-0.05, 0) is 135 Å². The van der Waals surface area contributed by atoms with E-state index in [9.17, 15) is 0 Å². The van der Waals surface area contributed by atoms with Crippen LogP contribution in [0.25, 0.3) is 154 Å².